The number of hydrogen-bond acceptors (Lipinski definition) is 4. The van der Waals surface area contributed by atoms with Crippen molar-refractivity contribution in [2.45, 2.75) is 26.2 Å². The number of nitriles is 1. The van der Waals surface area contributed by atoms with E-state index in [9.17, 15) is 4.79 Å². The largest absolute Gasteiger partial charge is 0.460 e. The molecule has 1 aromatic rings. The minimum atomic E-state index is -0.376. The van der Waals surface area contributed by atoms with Crippen LogP contribution < -0.4 is 0 Å². The van der Waals surface area contributed by atoms with Gasteiger partial charge in [-0.25, -0.2) is 4.79 Å². The van der Waals surface area contributed by atoms with Gasteiger partial charge in [0.25, 0.3) is 0 Å². The summed E-state index contributed by atoms with van der Waals surface area (Å²) in [6, 6.07) is 8.98. The Hall–Kier alpha value is -1.86. The lowest BCUT2D eigenvalue weighted by Crippen LogP contribution is -2.11. The summed E-state index contributed by atoms with van der Waals surface area (Å²) in [7, 11) is 0. The molecule has 4 nitrogen and oxygen atoms in total. The van der Waals surface area contributed by atoms with Crippen LogP contribution in [0.5, 0.6) is 0 Å². The molecule has 1 rings (SSSR count). The molecule has 0 atom stereocenters. The van der Waals surface area contributed by atoms with Crippen LogP contribution in [0.2, 0.25) is 0 Å². The minimum Gasteiger partial charge on any atom is -0.460 e. The molecular formula is C15H19NO3. The van der Waals surface area contributed by atoms with Gasteiger partial charge in [0.05, 0.1) is 24.7 Å². The van der Waals surface area contributed by atoms with Crippen molar-refractivity contribution in [1.82, 2.24) is 0 Å². The quantitative estimate of drug-likeness (QED) is 0.533. The van der Waals surface area contributed by atoms with Crippen molar-refractivity contribution in [1.29, 1.82) is 5.26 Å². The Bertz CT molecular complexity index is 437. The monoisotopic (exact) mass is 261 g/mol. The molecule has 0 bridgehead atoms. The number of esters is 1. The van der Waals surface area contributed by atoms with Crippen LogP contribution in [0.4, 0.5) is 0 Å². The average Bonchev–Trinajstić information content (AvgIpc) is 2.43. The van der Waals surface area contributed by atoms with Crippen molar-refractivity contribution in [3.8, 4) is 6.07 Å². The first kappa shape index (κ1) is 15.2. The van der Waals surface area contributed by atoms with E-state index in [0.717, 1.165) is 18.4 Å². The fourth-order valence-electron chi connectivity index (χ4n) is 1.52. The zero-order chi connectivity index (χ0) is 13.9. The van der Waals surface area contributed by atoms with Gasteiger partial charge in [-0.05, 0) is 24.1 Å². The molecule has 19 heavy (non-hydrogen) atoms. The predicted molar refractivity (Wildman–Crippen MR) is 71.8 cm³/mol. The maximum absolute atomic E-state index is 11.7. The SMILES string of the molecule is CCCCOCCOC(=O)c1cccc(CC#N)c1. The van der Waals surface area contributed by atoms with Crippen LogP contribution in [0.1, 0.15) is 35.7 Å². The predicted octanol–water partition coefficient (Wildman–Crippen LogP) is 2.73. The van der Waals surface area contributed by atoms with E-state index >= 15 is 0 Å². The third-order valence-electron chi connectivity index (χ3n) is 2.55. The van der Waals surface area contributed by atoms with Gasteiger partial charge in [0.2, 0.25) is 0 Å². The summed E-state index contributed by atoms with van der Waals surface area (Å²) >= 11 is 0. The molecule has 0 aliphatic heterocycles. The maximum atomic E-state index is 11.7. The van der Waals surface area contributed by atoms with Gasteiger partial charge < -0.3 is 9.47 Å². The molecule has 0 aliphatic carbocycles. The highest BCUT2D eigenvalue weighted by atomic mass is 16.6. The minimum absolute atomic E-state index is 0.255. The first-order valence-corrected chi connectivity index (χ1v) is 6.48. The summed E-state index contributed by atoms with van der Waals surface area (Å²) in [5, 5.41) is 8.61. The van der Waals surface area contributed by atoms with E-state index in [1.54, 1.807) is 18.2 Å². The highest BCUT2D eigenvalue weighted by Gasteiger charge is 2.07. The molecule has 0 saturated heterocycles. The van der Waals surface area contributed by atoms with Gasteiger partial charge in [-0.2, -0.15) is 5.26 Å². The number of unbranched alkanes of at least 4 members (excludes halogenated alkanes) is 1. The highest BCUT2D eigenvalue weighted by molar-refractivity contribution is 5.89. The summed E-state index contributed by atoms with van der Waals surface area (Å²) in [5.41, 5.74) is 1.29. The molecule has 102 valence electrons. The van der Waals surface area contributed by atoms with Crippen LogP contribution in [0, 0.1) is 11.3 Å². The zero-order valence-corrected chi connectivity index (χ0v) is 11.2. The lowest BCUT2D eigenvalue weighted by atomic mass is 10.1. The van der Waals surface area contributed by atoms with Gasteiger partial charge in [0, 0.05) is 6.61 Å². The van der Waals surface area contributed by atoms with E-state index in [-0.39, 0.29) is 12.6 Å². The van der Waals surface area contributed by atoms with Crippen molar-refractivity contribution in [3.63, 3.8) is 0 Å². The first-order chi connectivity index (χ1) is 9.27. The van der Waals surface area contributed by atoms with Crippen molar-refractivity contribution >= 4 is 5.97 Å². The standard InChI is InChI=1S/C15H19NO3/c1-2-3-9-18-10-11-19-15(17)14-6-4-5-13(12-14)7-8-16/h4-6,12H,2-3,7,9-11H2,1H3. The summed E-state index contributed by atoms with van der Waals surface area (Å²) in [5.74, 6) is -0.376. The molecule has 0 fully saturated rings. The van der Waals surface area contributed by atoms with Gasteiger partial charge in [0.15, 0.2) is 0 Å². The Morgan fingerprint density at radius 3 is 2.89 bits per heavy atom. The molecule has 0 amide bonds. The number of carbonyl (C=O) groups is 1. The van der Waals surface area contributed by atoms with Crippen LogP contribution in [0.3, 0.4) is 0 Å². The van der Waals surface area contributed by atoms with Crippen molar-refractivity contribution in [3.05, 3.63) is 35.4 Å². The molecule has 0 saturated carbocycles. The van der Waals surface area contributed by atoms with Gasteiger partial charge >= 0.3 is 5.97 Å². The van der Waals surface area contributed by atoms with E-state index < -0.39 is 0 Å². The molecule has 0 aromatic heterocycles. The smallest absolute Gasteiger partial charge is 0.338 e. The Morgan fingerprint density at radius 2 is 2.16 bits per heavy atom. The summed E-state index contributed by atoms with van der Waals surface area (Å²) in [6.07, 6.45) is 2.40. The zero-order valence-electron chi connectivity index (χ0n) is 11.2. The van der Waals surface area contributed by atoms with Crippen molar-refractivity contribution in [2.75, 3.05) is 19.8 Å². The van der Waals surface area contributed by atoms with Gasteiger partial charge in [0.1, 0.15) is 6.61 Å². The molecule has 4 heteroatoms. The average molecular weight is 261 g/mol. The van der Waals surface area contributed by atoms with Crippen LogP contribution in [-0.2, 0) is 15.9 Å². The Morgan fingerprint density at radius 1 is 1.32 bits per heavy atom. The van der Waals surface area contributed by atoms with Gasteiger partial charge in [-0.15, -0.1) is 0 Å². The highest BCUT2D eigenvalue weighted by Crippen LogP contribution is 2.07. The van der Waals surface area contributed by atoms with Crippen LogP contribution in [0.25, 0.3) is 0 Å². The van der Waals surface area contributed by atoms with E-state index in [0.29, 0.717) is 25.2 Å². The molecular weight excluding hydrogens is 242 g/mol. The van der Waals surface area contributed by atoms with Gasteiger partial charge in [-0.1, -0.05) is 25.5 Å². The van der Waals surface area contributed by atoms with E-state index in [1.807, 2.05) is 12.1 Å². The second kappa shape index (κ2) is 9.12. The number of carbonyl (C=O) groups excluding carboxylic acids is 1. The fraction of sp³-hybridized carbons (Fsp3) is 0.467. The molecule has 0 radical (unpaired) electrons. The van der Waals surface area contributed by atoms with E-state index in [1.165, 1.54) is 0 Å². The molecule has 0 unspecified atom stereocenters. The summed E-state index contributed by atoms with van der Waals surface area (Å²) in [4.78, 5) is 11.7. The Balaban J connectivity index is 2.33. The topological polar surface area (TPSA) is 59.3 Å². The Kier molecular flexibility index (Phi) is 7.30. The number of nitrogens with zero attached hydrogens (tertiary/aromatic N) is 1. The molecule has 1 aromatic carbocycles. The summed E-state index contributed by atoms with van der Waals surface area (Å²) < 4.78 is 10.4. The second-order valence-electron chi connectivity index (χ2n) is 4.14. The van der Waals surface area contributed by atoms with Crippen molar-refractivity contribution in [2.24, 2.45) is 0 Å². The number of hydrogen-bond donors (Lipinski definition) is 0. The Labute approximate surface area is 113 Å². The van der Waals surface area contributed by atoms with Crippen molar-refractivity contribution < 1.29 is 14.3 Å². The molecule has 0 spiro atoms. The lowest BCUT2D eigenvalue weighted by molar-refractivity contribution is 0.0313. The summed E-state index contributed by atoms with van der Waals surface area (Å²) in [6.45, 7) is 3.47. The second-order valence-corrected chi connectivity index (χ2v) is 4.14. The molecule has 0 heterocycles. The third-order valence-corrected chi connectivity index (χ3v) is 2.55. The maximum Gasteiger partial charge on any atom is 0.338 e. The molecule has 0 N–H and O–H groups in total. The van der Waals surface area contributed by atoms with Crippen LogP contribution in [0.15, 0.2) is 24.3 Å². The van der Waals surface area contributed by atoms with E-state index in [4.69, 9.17) is 14.7 Å². The molecule has 0 aliphatic rings. The number of rotatable bonds is 8. The number of ether oxygens (including phenoxy) is 2. The van der Waals surface area contributed by atoms with Crippen LogP contribution in [-0.4, -0.2) is 25.8 Å². The van der Waals surface area contributed by atoms with Gasteiger partial charge in [-0.3, -0.25) is 0 Å². The van der Waals surface area contributed by atoms with E-state index in [2.05, 4.69) is 6.92 Å². The lowest BCUT2D eigenvalue weighted by Gasteiger charge is -2.06. The first-order valence-electron chi connectivity index (χ1n) is 6.48. The normalized spacial score (nSPS) is 9.89. The van der Waals surface area contributed by atoms with Crippen LogP contribution >= 0.6 is 0 Å². The fourth-order valence-corrected chi connectivity index (χ4v) is 1.52. The number of benzene rings is 1. The third kappa shape index (κ3) is 6.03.